The molecule has 0 aliphatic rings. The molecular weight excluding hydrogens is 166 g/mol. The Morgan fingerprint density at radius 2 is 2.38 bits per heavy atom. The number of nitrogens with zero attached hydrogens (tertiary/aromatic N) is 2. The lowest BCUT2D eigenvalue weighted by molar-refractivity contribution is 0.0995. The summed E-state index contributed by atoms with van der Waals surface area (Å²) < 4.78 is 0. The number of primary amides is 1. The quantitative estimate of drug-likeness (QED) is 0.747. The monoisotopic (exact) mass is 179 g/mol. The van der Waals surface area contributed by atoms with Crippen LogP contribution >= 0.6 is 0 Å². The number of aryl methyl sites for hydroxylation is 1. The molecule has 0 aliphatic heterocycles. The smallest absolute Gasteiger partial charge is 0.267 e. The van der Waals surface area contributed by atoms with Crippen molar-refractivity contribution < 1.29 is 4.79 Å². The molecule has 0 saturated carbocycles. The molecule has 4 nitrogen and oxygen atoms in total. The third-order valence-corrected chi connectivity index (χ3v) is 1.71. The van der Waals surface area contributed by atoms with Crippen molar-refractivity contribution in [2.75, 3.05) is 0 Å². The van der Waals surface area contributed by atoms with Crippen molar-refractivity contribution in [2.24, 2.45) is 5.73 Å². The van der Waals surface area contributed by atoms with Gasteiger partial charge in [-0.3, -0.25) is 4.79 Å². The highest BCUT2D eigenvalue weighted by molar-refractivity contribution is 5.90. The number of aromatic nitrogens is 2. The van der Waals surface area contributed by atoms with Gasteiger partial charge in [0.05, 0.1) is 0 Å². The summed E-state index contributed by atoms with van der Waals surface area (Å²) in [5.74, 6) is 0.193. The van der Waals surface area contributed by atoms with Crippen LogP contribution in [0.4, 0.5) is 0 Å². The van der Waals surface area contributed by atoms with Crippen molar-refractivity contribution in [1.82, 2.24) is 9.97 Å². The summed E-state index contributed by atoms with van der Waals surface area (Å²) in [7, 11) is 0. The van der Waals surface area contributed by atoms with E-state index in [1.54, 1.807) is 6.20 Å². The normalized spacial score (nSPS) is 9.92. The maximum Gasteiger partial charge on any atom is 0.267 e. The van der Waals surface area contributed by atoms with Crippen LogP contribution in [0.3, 0.4) is 0 Å². The summed E-state index contributed by atoms with van der Waals surface area (Å²) >= 11 is 0. The molecule has 1 heterocycles. The van der Waals surface area contributed by atoms with Gasteiger partial charge in [-0.2, -0.15) is 0 Å². The predicted molar refractivity (Wildman–Crippen MR) is 49.2 cm³/mol. The van der Waals surface area contributed by atoms with E-state index >= 15 is 0 Å². The van der Waals surface area contributed by atoms with Gasteiger partial charge in [0, 0.05) is 12.6 Å². The van der Waals surface area contributed by atoms with Crippen molar-refractivity contribution in [1.29, 1.82) is 0 Å². The second kappa shape index (κ2) is 4.54. The number of unbranched alkanes of at least 4 members (excludes halogenated alkanes) is 1. The second-order valence-corrected chi connectivity index (χ2v) is 2.83. The number of rotatable bonds is 4. The number of carbonyl (C=O) groups excluding carboxylic acids is 1. The zero-order chi connectivity index (χ0) is 9.68. The third kappa shape index (κ3) is 2.82. The first-order chi connectivity index (χ1) is 6.24. The lowest BCUT2D eigenvalue weighted by atomic mass is 10.2. The van der Waals surface area contributed by atoms with Crippen LogP contribution in [0.25, 0.3) is 0 Å². The lowest BCUT2D eigenvalue weighted by Crippen LogP contribution is -2.14. The zero-order valence-corrected chi connectivity index (χ0v) is 7.66. The largest absolute Gasteiger partial charge is 0.364 e. The van der Waals surface area contributed by atoms with Gasteiger partial charge in [0.2, 0.25) is 0 Å². The number of nitrogens with two attached hydrogens (primary N) is 1. The van der Waals surface area contributed by atoms with Crippen LogP contribution in [-0.2, 0) is 6.42 Å². The molecule has 0 radical (unpaired) electrons. The average molecular weight is 179 g/mol. The molecule has 70 valence electrons. The van der Waals surface area contributed by atoms with Gasteiger partial charge in [-0.05, 0) is 12.5 Å². The fourth-order valence-corrected chi connectivity index (χ4v) is 0.992. The Bertz CT molecular complexity index is 299. The van der Waals surface area contributed by atoms with Crippen LogP contribution in [0, 0.1) is 0 Å². The van der Waals surface area contributed by atoms with Crippen LogP contribution in [0.15, 0.2) is 12.3 Å². The molecular formula is C9H13N3O. The number of amides is 1. The highest BCUT2D eigenvalue weighted by atomic mass is 16.1. The summed E-state index contributed by atoms with van der Waals surface area (Å²) in [6.45, 7) is 2.10. The molecule has 0 saturated heterocycles. The predicted octanol–water partition coefficient (Wildman–Crippen LogP) is 0.918. The molecule has 1 amide bonds. The summed E-state index contributed by atoms with van der Waals surface area (Å²) in [4.78, 5) is 18.8. The Morgan fingerprint density at radius 3 is 3.00 bits per heavy atom. The topological polar surface area (TPSA) is 68.9 Å². The first-order valence-corrected chi connectivity index (χ1v) is 4.35. The number of hydrogen-bond acceptors (Lipinski definition) is 3. The molecule has 1 aromatic heterocycles. The van der Waals surface area contributed by atoms with E-state index in [0.717, 1.165) is 19.3 Å². The minimum atomic E-state index is -0.500. The molecule has 1 aromatic rings. The van der Waals surface area contributed by atoms with E-state index in [1.165, 1.54) is 6.07 Å². The fraction of sp³-hybridized carbons (Fsp3) is 0.444. The Morgan fingerprint density at radius 1 is 1.62 bits per heavy atom. The Balaban J connectivity index is 2.73. The molecule has 0 bridgehead atoms. The Kier molecular flexibility index (Phi) is 3.37. The average Bonchev–Trinajstić information content (AvgIpc) is 2.15. The van der Waals surface area contributed by atoms with Crippen molar-refractivity contribution in [3.63, 3.8) is 0 Å². The van der Waals surface area contributed by atoms with Crippen molar-refractivity contribution in [3.05, 3.63) is 23.8 Å². The summed E-state index contributed by atoms with van der Waals surface area (Å²) in [6.07, 6.45) is 4.49. The summed E-state index contributed by atoms with van der Waals surface area (Å²) in [5, 5.41) is 0. The highest BCUT2D eigenvalue weighted by Crippen LogP contribution is 1.99. The van der Waals surface area contributed by atoms with Gasteiger partial charge < -0.3 is 5.73 Å². The van der Waals surface area contributed by atoms with Gasteiger partial charge in [0.1, 0.15) is 11.5 Å². The third-order valence-electron chi connectivity index (χ3n) is 1.71. The fourth-order valence-electron chi connectivity index (χ4n) is 0.992. The second-order valence-electron chi connectivity index (χ2n) is 2.83. The molecule has 0 unspecified atom stereocenters. The molecule has 0 atom stereocenters. The van der Waals surface area contributed by atoms with Crippen LogP contribution in [-0.4, -0.2) is 15.9 Å². The van der Waals surface area contributed by atoms with Gasteiger partial charge in [0.15, 0.2) is 0 Å². The molecule has 2 N–H and O–H groups in total. The van der Waals surface area contributed by atoms with E-state index in [1.807, 2.05) is 0 Å². The first kappa shape index (κ1) is 9.64. The highest BCUT2D eigenvalue weighted by Gasteiger charge is 2.03. The lowest BCUT2D eigenvalue weighted by Gasteiger charge is -1.99. The molecule has 0 spiro atoms. The van der Waals surface area contributed by atoms with Crippen LogP contribution in [0.2, 0.25) is 0 Å². The van der Waals surface area contributed by atoms with E-state index in [9.17, 15) is 4.79 Å². The molecule has 0 aromatic carbocycles. The SMILES string of the molecule is CCCCc1nccc(C(N)=O)n1. The van der Waals surface area contributed by atoms with Gasteiger partial charge in [-0.15, -0.1) is 0 Å². The van der Waals surface area contributed by atoms with Gasteiger partial charge >= 0.3 is 0 Å². The van der Waals surface area contributed by atoms with Crippen LogP contribution in [0.1, 0.15) is 36.1 Å². The van der Waals surface area contributed by atoms with E-state index in [0.29, 0.717) is 11.5 Å². The van der Waals surface area contributed by atoms with Crippen molar-refractivity contribution in [2.45, 2.75) is 26.2 Å². The Hall–Kier alpha value is -1.45. The van der Waals surface area contributed by atoms with Crippen molar-refractivity contribution >= 4 is 5.91 Å². The van der Waals surface area contributed by atoms with Gasteiger partial charge in [0.25, 0.3) is 5.91 Å². The van der Waals surface area contributed by atoms with E-state index in [-0.39, 0.29) is 0 Å². The zero-order valence-electron chi connectivity index (χ0n) is 7.66. The molecule has 13 heavy (non-hydrogen) atoms. The summed E-state index contributed by atoms with van der Waals surface area (Å²) in [5.41, 5.74) is 5.37. The van der Waals surface area contributed by atoms with E-state index in [4.69, 9.17) is 5.73 Å². The van der Waals surface area contributed by atoms with Gasteiger partial charge in [-0.1, -0.05) is 13.3 Å². The number of hydrogen-bond donors (Lipinski definition) is 1. The van der Waals surface area contributed by atoms with E-state index < -0.39 is 5.91 Å². The molecule has 0 aliphatic carbocycles. The number of carbonyl (C=O) groups is 1. The maximum absolute atomic E-state index is 10.8. The van der Waals surface area contributed by atoms with Crippen LogP contribution < -0.4 is 5.73 Å². The summed E-state index contributed by atoms with van der Waals surface area (Å²) in [6, 6.07) is 1.53. The molecule has 4 heteroatoms. The molecule has 0 fully saturated rings. The first-order valence-electron chi connectivity index (χ1n) is 4.35. The maximum atomic E-state index is 10.8. The van der Waals surface area contributed by atoms with Crippen LogP contribution in [0.5, 0.6) is 0 Å². The minimum Gasteiger partial charge on any atom is -0.364 e. The standard InChI is InChI=1S/C9H13N3O/c1-2-3-4-8-11-6-5-7(12-8)9(10)13/h5-6H,2-4H2,1H3,(H2,10,13). The Labute approximate surface area is 77.2 Å². The minimum absolute atomic E-state index is 0.293. The van der Waals surface area contributed by atoms with Crippen molar-refractivity contribution in [3.8, 4) is 0 Å². The van der Waals surface area contributed by atoms with Gasteiger partial charge in [-0.25, -0.2) is 9.97 Å². The molecule has 1 rings (SSSR count). The van der Waals surface area contributed by atoms with E-state index in [2.05, 4.69) is 16.9 Å².